The second-order valence-electron chi connectivity index (χ2n) is 4.05. The molecule has 0 unspecified atom stereocenters. The van der Waals surface area contributed by atoms with E-state index in [2.05, 4.69) is 15.4 Å². The standard InChI is InChI=1S/C12H15N5O/c1-8-5-14-4-3-9(8)6-15-12(18)10-7-16-17(2)11(10)13/h3-5,7H,6,13H2,1-2H3,(H,15,18). The fourth-order valence-corrected chi connectivity index (χ4v) is 1.59. The summed E-state index contributed by atoms with van der Waals surface area (Å²) in [5.41, 5.74) is 8.19. The minimum Gasteiger partial charge on any atom is -0.383 e. The van der Waals surface area contributed by atoms with Gasteiger partial charge in [-0.3, -0.25) is 14.5 Å². The Bertz CT molecular complexity index is 576. The van der Waals surface area contributed by atoms with Gasteiger partial charge in [-0.2, -0.15) is 5.10 Å². The first-order valence-corrected chi connectivity index (χ1v) is 5.54. The summed E-state index contributed by atoms with van der Waals surface area (Å²) in [4.78, 5) is 15.9. The second kappa shape index (κ2) is 4.87. The van der Waals surface area contributed by atoms with Gasteiger partial charge in [0.1, 0.15) is 11.4 Å². The minimum absolute atomic E-state index is 0.225. The first-order valence-electron chi connectivity index (χ1n) is 5.54. The maximum absolute atomic E-state index is 11.9. The molecule has 2 rings (SSSR count). The molecule has 2 aromatic heterocycles. The summed E-state index contributed by atoms with van der Waals surface area (Å²) in [5.74, 6) is 0.135. The molecule has 0 spiro atoms. The van der Waals surface area contributed by atoms with Crippen molar-refractivity contribution in [1.29, 1.82) is 0 Å². The van der Waals surface area contributed by atoms with E-state index in [0.717, 1.165) is 11.1 Å². The number of amides is 1. The third-order valence-corrected chi connectivity index (χ3v) is 2.81. The van der Waals surface area contributed by atoms with E-state index < -0.39 is 0 Å². The Labute approximate surface area is 105 Å². The lowest BCUT2D eigenvalue weighted by Gasteiger charge is -2.07. The van der Waals surface area contributed by atoms with Gasteiger partial charge in [0.25, 0.3) is 5.91 Å². The predicted molar refractivity (Wildman–Crippen MR) is 67.8 cm³/mol. The maximum Gasteiger partial charge on any atom is 0.256 e. The van der Waals surface area contributed by atoms with Gasteiger partial charge in [0.2, 0.25) is 0 Å². The lowest BCUT2D eigenvalue weighted by atomic mass is 10.1. The smallest absolute Gasteiger partial charge is 0.256 e. The number of aromatic nitrogens is 3. The van der Waals surface area contributed by atoms with Crippen LogP contribution in [0.1, 0.15) is 21.5 Å². The van der Waals surface area contributed by atoms with Gasteiger partial charge < -0.3 is 11.1 Å². The second-order valence-corrected chi connectivity index (χ2v) is 4.05. The Hall–Kier alpha value is -2.37. The quantitative estimate of drug-likeness (QED) is 0.830. The molecule has 6 nitrogen and oxygen atoms in total. The molecule has 94 valence electrons. The van der Waals surface area contributed by atoms with Gasteiger partial charge in [-0.25, -0.2) is 0 Å². The van der Waals surface area contributed by atoms with Gasteiger partial charge >= 0.3 is 0 Å². The average molecular weight is 245 g/mol. The Morgan fingerprint density at radius 3 is 2.89 bits per heavy atom. The molecule has 0 aliphatic heterocycles. The number of carbonyl (C=O) groups is 1. The Morgan fingerprint density at radius 1 is 1.50 bits per heavy atom. The molecule has 0 aromatic carbocycles. The van der Waals surface area contributed by atoms with Crippen molar-refractivity contribution in [2.75, 3.05) is 5.73 Å². The van der Waals surface area contributed by atoms with Crippen LogP contribution in [0.25, 0.3) is 0 Å². The van der Waals surface area contributed by atoms with Crippen molar-refractivity contribution < 1.29 is 4.79 Å². The van der Waals surface area contributed by atoms with Gasteiger partial charge in [0, 0.05) is 26.0 Å². The van der Waals surface area contributed by atoms with Crippen LogP contribution in [0.3, 0.4) is 0 Å². The van der Waals surface area contributed by atoms with Crippen molar-refractivity contribution in [2.45, 2.75) is 13.5 Å². The van der Waals surface area contributed by atoms with Crippen LogP contribution < -0.4 is 11.1 Å². The van der Waals surface area contributed by atoms with Crippen molar-refractivity contribution in [3.05, 3.63) is 41.3 Å². The zero-order valence-electron chi connectivity index (χ0n) is 10.3. The van der Waals surface area contributed by atoms with Crippen LogP contribution in [0, 0.1) is 6.92 Å². The fraction of sp³-hybridized carbons (Fsp3) is 0.250. The molecule has 0 aliphatic carbocycles. The highest BCUT2D eigenvalue weighted by molar-refractivity contribution is 5.98. The number of nitrogen functional groups attached to an aromatic ring is 1. The highest BCUT2D eigenvalue weighted by atomic mass is 16.1. The molecule has 3 N–H and O–H groups in total. The molecule has 0 bridgehead atoms. The van der Waals surface area contributed by atoms with E-state index in [1.165, 1.54) is 10.9 Å². The lowest BCUT2D eigenvalue weighted by Crippen LogP contribution is -2.24. The molecule has 0 saturated heterocycles. The third kappa shape index (κ3) is 2.32. The zero-order chi connectivity index (χ0) is 13.1. The van der Waals surface area contributed by atoms with Crippen molar-refractivity contribution in [3.63, 3.8) is 0 Å². The van der Waals surface area contributed by atoms with E-state index in [-0.39, 0.29) is 5.91 Å². The number of rotatable bonds is 3. The number of carbonyl (C=O) groups excluding carboxylic acids is 1. The average Bonchev–Trinajstić information content (AvgIpc) is 2.69. The van der Waals surface area contributed by atoms with Crippen LogP contribution in [0.5, 0.6) is 0 Å². The van der Waals surface area contributed by atoms with Gasteiger partial charge in [-0.15, -0.1) is 0 Å². The van der Waals surface area contributed by atoms with Crippen LogP contribution in [0.2, 0.25) is 0 Å². The third-order valence-electron chi connectivity index (χ3n) is 2.81. The monoisotopic (exact) mass is 245 g/mol. The molecular weight excluding hydrogens is 230 g/mol. The highest BCUT2D eigenvalue weighted by Crippen LogP contribution is 2.10. The van der Waals surface area contributed by atoms with Crippen LogP contribution in [-0.2, 0) is 13.6 Å². The van der Waals surface area contributed by atoms with Crippen LogP contribution in [0.15, 0.2) is 24.7 Å². The topological polar surface area (TPSA) is 85.8 Å². The molecule has 6 heteroatoms. The number of nitrogens with two attached hydrogens (primary N) is 1. The summed E-state index contributed by atoms with van der Waals surface area (Å²) in [6.45, 7) is 2.40. The largest absolute Gasteiger partial charge is 0.383 e. The molecule has 0 saturated carbocycles. The first-order chi connectivity index (χ1) is 8.59. The zero-order valence-corrected chi connectivity index (χ0v) is 10.3. The number of anilines is 1. The van der Waals surface area contributed by atoms with Gasteiger partial charge in [0.05, 0.1) is 6.20 Å². The SMILES string of the molecule is Cc1cnccc1CNC(=O)c1cnn(C)c1N. The molecule has 0 atom stereocenters. The lowest BCUT2D eigenvalue weighted by molar-refractivity contribution is 0.0951. The molecule has 2 heterocycles. The van der Waals surface area contributed by atoms with Crippen molar-refractivity contribution in [1.82, 2.24) is 20.1 Å². The van der Waals surface area contributed by atoms with E-state index in [1.807, 2.05) is 13.0 Å². The summed E-state index contributed by atoms with van der Waals surface area (Å²) in [5, 5.41) is 6.74. The van der Waals surface area contributed by atoms with E-state index in [0.29, 0.717) is 17.9 Å². The van der Waals surface area contributed by atoms with Crippen LogP contribution in [0.4, 0.5) is 5.82 Å². The summed E-state index contributed by atoms with van der Waals surface area (Å²) in [6.07, 6.45) is 4.93. The van der Waals surface area contributed by atoms with E-state index >= 15 is 0 Å². The molecule has 2 aromatic rings. The van der Waals surface area contributed by atoms with Crippen molar-refractivity contribution >= 4 is 11.7 Å². The minimum atomic E-state index is -0.225. The van der Waals surface area contributed by atoms with Gasteiger partial charge in [-0.1, -0.05) is 0 Å². The fourth-order valence-electron chi connectivity index (χ4n) is 1.59. The normalized spacial score (nSPS) is 10.3. The number of hydrogen-bond donors (Lipinski definition) is 2. The highest BCUT2D eigenvalue weighted by Gasteiger charge is 2.13. The predicted octanol–water partition coefficient (Wildman–Crippen LogP) is 0.636. The number of hydrogen-bond acceptors (Lipinski definition) is 4. The summed E-state index contributed by atoms with van der Waals surface area (Å²) in [6, 6.07) is 1.88. The van der Waals surface area contributed by atoms with Crippen LogP contribution >= 0.6 is 0 Å². The molecular formula is C12H15N5O. The summed E-state index contributed by atoms with van der Waals surface area (Å²) >= 11 is 0. The van der Waals surface area contributed by atoms with Crippen molar-refractivity contribution in [3.8, 4) is 0 Å². The summed E-state index contributed by atoms with van der Waals surface area (Å²) < 4.78 is 1.46. The van der Waals surface area contributed by atoms with Gasteiger partial charge in [0.15, 0.2) is 0 Å². The molecule has 0 aliphatic rings. The number of aryl methyl sites for hydroxylation is 2. The van der Waals surface area contributed by atoms with E-state index in [9.17, 15) is 4.79 Å². The van der Waals surface area contributed by atoms with E-state index in [1.54, 1.807) is 19.4 Å². The Morgan fingerprint density at radius 2 is 2.28 bits per heavy atom. The number of nitrogens with zero attached hydrogens (tertiary/aromatic N) is 3. The molecule has 0 radical (unpaired) electrons. The molecule has 18 heavy (non-hydrogen) atoms. The van der Waals surface area contributed by atoms with Gasteiger partial charge in [-0.05, 0) is 24.1 Å². The van der Waals surface area contributed by atoms with Crippen LogP contribution in [-0.4, -0.2) is 20.7 Å². The Balaban J connectivity index is 2.05. The summed E-state index contributed by atoms with van der Waals surface area (Å²) in [7, 11) is 1.69. The molecule has 0 fully saturated rings. The maximum atomic E-state index is 11.9. The Kier molecular flexibility index (Phi) is 3.27. The first kappa shape index (κ1) is 12.1. The van der Waals surface area contributed by atoms with E-state index in [4.69, 9.17) is 5.73 Å². The van der Waals surface area contributed by atoms with Crippen molar-refractivity contribution in [2.24, 2.45) is 7.05 Å². The number of nitrogens with one attached hydrogen (secondary N) is 1. The molecule has 1 amide bonds. The number of pyridine rings is 1.